The van der Waals surface area contributed by atoms with Gasteiger partial charge in [-0.25, -0.2) is 0 Å². The van der Waals surface area contributed by atoms with Gasteiger partial charge < -0.3 is 10.2 Å². The number of benzene rings is 2. The smallest absolute Gasteiger partial charge is 0.251 e. The van der Waals surface area contributed by atoms with Gasteiger partial charge in [0.05, 0.1) is 0 Å². The summed E-state index contributed by atoms with van der Waals surface area (Å²) in [5.41, 5.74) is 5.16. The standard InChI is InChI=1S/C11H15N.C10H13NOS/c1-9-3-4-11-8-12(2)6-5-10(11)7-9;1-3-13-9-6-4-8(5-7-9)10(12)11-2/h3-4,7H,5-6,8H2,1-2H3;4-7H,3H2,1-2H3,(H,11,12). The van der Waals surface area contributed by atoms with E-state index in [1.165, 1.54) is 29.0 Å². The van der Waals surface area contributed by atoms with Crippen molar-refractivity contribution in [2.75, 3.05) is 26.4 Å². The number of hydrogen-bond acceptors (Lipinski definition) is 3. The Balaban J connectivity index is 0.000000181. The van der Waals surface area contributed by atoms with Gasteiger partial charge in [0, 0.05) is 30.6 Å². The molecule has 0 aromatic heterocycles. The highest BCUT2D eigenvalue weighted by Gasteiger charge is 2.11. The Hall–Kier alpha value is -1.78. The maximum Gasteiger partial charge on any atom is 0.251 e. The Morgan fingerprint density at radius 3 is 2.52 bits per heavy atom. The van der Waals surface area contributed by atoms with Crippen LogP contribution in [0.15, 0.2) is 47.4 Å². The van der Waals surface area contributed by atoms with E-state index >= 15 is 0 Å². The minimum atomic E-state index is -0.0342. The lowest BCUT2D eigenvalue weighted by Gasteiger charge is -2.24. The number of likely N-dealkylation sites (N-methyl/N-ethyl adjacent to an activating group) is 1. The van der Waals surface area contributed by atoms with Gasteiger partial charge >= 0.3 is 0 Å². The van der Waals surface area contributed by atoms with Crippen LogP contribution in [0, 0.1) is 6.92 Å². The summed E-state index contributed by atoms with van der Waals surface area (Å²) in [4.78, 5) is 14.7. The fraction of sp³-hybridized carbons (Fsp3) is 0.381. The molecule has 0 saturated carbocycles. The van der Waals surface area contributed by atoms with Crippen molar-refractivity contribution in [2.45, 2.75) is 31.7 Å². The molecule has 4 heteroatoms. The molecule has 3 nitrogen and oxygen atoms in total. The van der Waals surface area contributed by atoms with Crippen LogP contribution in [0.5, 0.6) is 0 Å². The molecular weight excluding hydrogens is 328 g/mol. The first-order valence-corrected chi connectivity index (χ1v) is 9.74. The Morgan fingerprint density at radius 2 is 1.88 bits per heavy atom. The zero-order valence-corrected chi connectivity index (χ0v) is 16.5. The summed E-state index contributed by atoms with van der Waals surface area (Å²) in [6.07, 6.45) is 1.22. The predicted octanol–water partition coefficient (Wildman–Crippen LogP) is 4.14. The van der Waals surface area contributed by atoms with E-state index in [-0.39, 0.29) is 5.91 Å². The molecule has 1 amide bonds. The van der Waals surface area contributed by atoms with Crippen molar-refractivity contribution in [3.05, 3.63) is 64.7 Å². The van der Waals surface area contributed by atoms with Crippen molar-refractivity contribution < 1.29 is 4.79 Å². The minimum absolute atomic E-state index is 0.0342. The van der Waals surface area contributed by atoms with Gasteiger partial charge in [0.1, 0.15) is 0 Å². The highest BCUT2D eigenvalue weighted by molar-refractivity contribution is 7.99. The molecule has 2 aromatic carbocycles. The third-order valence-corrected chi connectivity index (χ3v) is 5.11. The van der Waals surface area contributed by atoms with E-state index in [4.69, 9.17) is 0 Å². The summed E-state index contributed by atoms with van der Waals surface area (Å²) in [6, 6.07) is 14.4. The molecule has 1 heterocycles. The molecule has 0 atom stereocenters. The average molecular weight is 357 g/mol. The van der Waals surface area contributed by atoms with Crippen molar-refractivity contribution >= 4 is 17.7 Å². The SMILES string of the molecule is CCSc1ccc(C(=O)NC)cc1.Cc1ccc2c(c1)CCN(C)C2. The molecule has 1 aliphatic heterocycles. The number of amides is 1. The molecule has 0 aliphatic carbocycles. The number of rotatable bonds is 3. The number of carbonyl (C=O) groups is 1. The lowest BCUT2D eigenvalue weighted by atomic mass is 9.98. The lowest BCUT2D eigenvalue weighted by molar-refractivity contribution is 0.0963. The van der Waals surface area contributed by atoms with Crippen LogP contribution in [0.1, 0.15) is 34.0 Å². The summed E-state index contributed by atoms with van der Waals surface area (Å²) in [7, 11) is 3.82. The normalized spacial score (nSPS) is 13.4. The summed E-state index contributed by atoms with van der Waals surface area (Å²) in [5.74, 6) is 1.02. The lowest BCUT2D eigenvalue weighted by Crippen LogP contribution is -2.26. The zero-order chi connectivity index (χ0) is 18.2. The van der Waals surface area contributed by atoms with Crippen molar-refractivity contribution in [1.82, 2.24) is 10.2 Å². The molecule has 0 saturated heterocycles. The number of nitrogens with zero attached hydrogens (tertiary/aromatic N) is 1. The van der Waals surface area contributed by atoms with Crippen molar-refractivity contribution in [1.29, 1.82) is 0 Å². The number of aryl methyl sites for hydroxylation is 1. The Bertz CT molecular complexity index is 698. The van der Waals surface area contributed by atoms with Gasteiger partial charge in [0.2, 0.25) is 0 Å². The first kappa shape index (κ1) is 19.5. The van der Waals surface area contributed by atoms with Crippen LogP contribution in [0.4, 0.5) is 0 Å². The Morgan fingerprint density at radius 1 is 1.16 bits per heavy atom. The number of fused-ring (bicyclic) bond motifs is 1. The van der Waals surface area contributed by atoms with E-state index in [0.717, 1.165) is 12.3 Å². The predicted molar refractivity (Wildman–Crippen MR) is 107 cm³/mol. The Kier molecular flexibility index (Phi) is 7.53. The van der Waals surface area contributed by atoms with E-state index in [9.17, 15) is 4.79 Å². The van der Waals surface area contributed by atoms with Crippen molar-refractivity contribution in [3.8, 4) is 0 Å². The molecule has 3 rings (SSSR count). The number of thioether (sulfide) groups is 1. The summed E-state index contributed by atoms with van der Waals surface area (Å²) in [5, 5.41) is 2.59. The van der Waals surface area contributed by atoms with Gasteiger partial charge in [-0.2, -0.15) is 0 Å². The fourth-order valence-electron chi connectivity index (χ4n) is 2.84. The molecule has 0 fully saturated rings. The van der Waals surface area contributed by atoms with Gasteiger partial charge in [-0.3, -0.25) is 4.79 Å². The highest BCUT2D eigenvalue weighted by atomic mass is 32.2. The van der Waals surface area contributed by atoms with Gasteiger partial charge in [-0.1, -0.05) is 30.7 Å². The van der Waals surface area contributed by atoms with Crippen LogP contribution in [0.3, 0.4) is 0 Å². The number of nitrogens with one attached hydrogen (secondary N) is 1. The van der Waals surface area contributed by atoms with Crippen LogP contribution < -0.4 is 5.32 Å². The van der Waals surface area contributed by atoms with E-state index in [0.29, 0.717) is 5.56 Å². The van der Waals surface area contributed by atoms with Crippen LogP contribution in [-0.2, 0) is 13.0 Å². The van der Waals surface area contributed by atoms with Crippen molar-refractivity contribution in [2.24, 2.45) is 0 Å². The third kappa shape index (κ3) is 5.91. The van der Waals surface area contributed by atoms with E-state index in [1.807, 2.05) is 24.3 Å². The zero-order valence-electron chi connectivity index (χ0n) is 15.6. The first-order valence-electron chi connectivity index (χ1n) is 8.75. The molecule has 134 valence electrons. The first-order chi connectivity index (χ1) is 12.0. The second-order valence-electron chi connectivity index (χ2n) is 6.30. The largest absolute Gasteiger partial charge is 0.355 e. The van der Waals surface area contributed by atoms with Crippen LogP contribution in [0.25, 0.3) is 0 Å². The summed E-state index contributed by atoms with van der Waals surface area (Å²) >= 11 is 1.77. The van der Waals surface area contributed by atoms with Gasteiger partial charge in [-0.05, 0) is 61.5 Å². The topological polar surface area (TPSA) is 32.3 Å². The maximum absolute atomic E-state index is 11.2. The van der Waals surface area contributed by atoms with Crippen LogP contribution in [-0.4, -0.2) is 37.2 Å². The monoisotopic (exact) mass is 356 g/mol. The number of hydrogen-bond donors (Lipinski definition) is 1. The maximum atomic E-state index is 11.2. The molecule has 0 radical (unpaired) electrons. The summed E-state index contributed by atoms with van der Waals surface area (Å²) in [6.45, 7) is 6.60. The van der Waals surface area contributed by atoms with Crippen LogP contribution in [0.2, 0.25) is 0 Å². The van der Waals surface area contributed by atoms with Gasteiger partial charge in [-0.15, -0.1) is 11.8 Å². The van der Waals surface area contributed by atoms with E-state index in [2.05, 4.69) is 49.3 Å². The average Bonchev–Trinajstić information content (AvgIpc) is 2.63. The fourth-order valence-corrected chi connectivity index (χ4v) is 3.50. The molecule has 25 heavy (non-hydrogen) atoms. The van der Waals surface area contributed by atoms with E-state index in [1.54, 1.807) is 24.4 Å². The molecule has 0 unspecified atom stereocenters. The summed E-state index contributed by atoms with van der Waals surface area (Å²) < 4.78 is 0. The quantitative estimate of drug-likeness (QED) is 0.839. The van der Waals surface area contributed by atoms with Crippen molar-refractivity contribution in [3.63, 3.8) is 0 Å². The third-order valence-electron chi connectivity index (χ3n) is 4.22. The van der Waals surface area contributed by atoms with Crippen LogP contribution >= 0.6 is 11.8 Å². The molecule has 1 N–H and O–H groups in total. The second kappa shape index (κ2) is 9.64. The molecule has 0 spiro atoms. The van der Waals surface area contributed by atoms with E-state index < -0.39 is 0 Å². The molecular formula is C21H28N2OS. The number of carbonyl (C=O) groups excluding carboxylic acids is 1. The molecule has 2 aromatic rings. The van der Waals surface area contributed by atoms with Gasteiger partial charge in [0.25, 0.3) is 5.91 Å². The highest BCUT2D eigenvalue weighted by Crippen LogP contribution is 2.19. The molecule has 0 bridgehead atoms. The van der Waals surface area contributed by atoms with Gasteiger partial charge in [0.15, 0.2) is 0 Å². The molecule has 1 aliphatic rings. The minimum Gasteiger partial charge on any atom is -0.355 e. The Labute approximate surface area is 155 Å². The second-order valence-corrected chi connectivity index (χ2v) is 7.63.